The van der Waals surface area contributed by atoms with Crippen molar-refractivity contribution in [2.75, 3.05) is 13.6 Å². The largest absolute Gasteiger partial charge is 0.346 e. The number of rotatable bonds is 5. The van der Waals surface area contributed by atoms with E-state index in [9.17, 15) is 4.79 Å². The molecule has 0 heterocycles. The monoisotopic (exact) mass is 262 g/mol. The van der Waals surface area contributed by atoms with E-state index in [4.69, 9.17) is 12.2 Å². The van der Waals surface area contributed by atoms with Crippen molar-refractivity contribution in [1.29, 1.82) is 0 Å². The predicted octanol–water partition coefficient (Wildman–Crippen LogP) is 3.01. The van der Waals surface area contributed by atoms with Crippen LogP contribution in [-0.2, 0) is 4.79 Å². The van der Waals surface area contributed by atoms with E-state index < -0.39 is 0 Å². The fourth-order valence-electron chi connectivity index (χ4n) is 1.72. The standard InChI is InChI=1S/C14H18N2OS/c1-11-5-4-6-13(9-11)14(15-10-18)7-8-16(3)12(2)17/h4-6,9,14H,7-8H2,1-3H3. The van der Waals surface area contributed by atoms with Crippen LogP contribution in [0.3, 0.4) is 0 Å². The Bertz CT molecular complexity index is 467. The van der Waals surface area contributed by atoms with Crippen LogP contribution in [0.25, 0.3) is 0 Å². The summed E-state index contributed by atoms with van der Waals surface area (Å²) in [4.78, 5) is 17.0. The number of hydrogen-bond donors (Lipinski definition) is 0. The number of nitrogens with zero attached hydrogens (tertiary/aromatic N) is 2. The number of benzene rings is 1. The van der Waals surface area contributed by atoms with Gasteiger partial charge in [0.15, 0.2) is 0 Å². The van der Waals surface area contributed by atoms with Gasteiger partial charge < -0.3 is 4.90 Å². The Balaban J connectivity index is 2.77. The van der Waals surface area contributed by atoms with Gasteiger partial charge in [0.1, 0.15) is 0 Å². The first-order chi connectivity index (χ1) is 8.54. The molecule has 0 aliphatic carbocycles. The first kappa shape index (κ1) is 14.6. The molecule has 1 unspecified atom stereocenters. The Morgan fingerprint density at radius 1 is 1.56 bits per heavy atom. The molecule has 18 heavy (non-hydrogen) atoms. The summed E-state index contributed by atoms with van der Waals surface area (Å²) in [6, 6.07) is 8.15. The number of thiocarbonyl (C=S) groups is 1. The second-order valence-electron chi connectivity index (χ2n) is 4.38. The number of aryl methyl sites for hydroxylation is 1. The Labute approximate surface area is 114 Å². The van der Waals surface area contributed by atoms with Crippen molar-refractivity contribution < 1.29 is 4.79 Å². The topological polar surface area (TPSA) is 32.7 Å². The van der Waals surface area contributed by atoms with Crippen molar-refractivity contribution in [1.82, 2.24) is 4.90 Å². The Kier molecular flexibility index (Phi) is 5.69. The van der Waals surface area contributed by atoms with Crippen LogP contribution in [-0.4, -0.2) is 29.6 Å². The number of aliphatic imine (C=N–C) groups is 1. The predicted molar refractivity (Wildman–Crippen MR) is 76.9 cm³/mol. The Morgan fingerprint density at radius 3 is 2.83 bits per heavy atom. The summed E-state index contributed by atoms with van der Waals surface area (Å²) in [5.74, 6) is 0.0596. The van der Waals surface area contributed by atoms with E-state index in [1.54, 1.807) is 18.9 Å². The first-order valence-electron chi connectivity index (χ1n) is 5.90. The van der Waals surface area contributed by atoms with Crippen LogP contribution < -0.4 is 0 Å². The molecule has 1 aromatic rings. The first-order valence-corrected chi connectivity index (χ1v) is 6.30. The van der Waals surface area contributed by atoms with Crippen molar-refractivity contribution in [2.24, 2.45) is 4.99 Å². The summed E-state index contributed by atoms with van der Waals surface area (Å²) in [5.41, 5.74) is 2.31. The number of hydrogen-bond acceptors (Lipinski definition) is 3. The van der Waals surface area contributed by atoms with Crippen LogP contribution in [0.2, 0.25) is 0 Å². The third-order valence-corrected chi connectivity index (χ3v) is 3.02. The lowest BCUT2D eigenvalue weighted by Gasteiger charge is -2.18. The third kappa shape index (κ3) is 4.40. The number of carbonyl (C=O) groups excluding carboxylic acids is 1. The molecule has 0 saturated heterocycles. The minimum Gasteiger partial charge on any atom is -0.346 e. The molecule has 96 valence electrons. The lowest BCUT2D eigenvalue weighted by molar-refractivity contribution is -0.127. The lowest BCUT2D eigenvalue weighted by atomic mass is 10.0. The van der Waals surface area contributed by atoms with Gasteiger partial charge in [0, 0.05) is 20.5 Å². The smallest absolute Gasteiger partial charge is 0.219 e. The van der Waals surface area contributed by atoms with Gasteiger partial charge in [-0.1, -0.05) is 29.8 Å². The van der Waals surface area contributed by atoms with E-state index in [0.29, 0.717) is 6.54 Å². The normalized spacial score (nSPS) is 11.5. The molecule has 0 aromatic heterocycles. The summed E-state index contributed by atoms with van der Waals surface area (Å²) in [6.07, 6.45) is 0.753. The maximum absolute atomic E-state index is 11.2. The molecule has 1 atom stereocenters. The van der Waals surface area contributed by atoms with Gasteiger partial charge in [0.05, 0.1) is 11.2 Å². The molecule has 0 spiro atoms. The fraction of sp³-hybridized carbons (Fsp3) is 0.429. The maximum Gasteiger partial charge on any atom is 0.219 e. The van der Waals surface area contributed by atoms with Gasteiger partial charge >= 0.3 is 0 Å². The van der Waals surface area contributed by atoms with Crippen molar-refractivity contribution in [3.8, 4) is 0 Å². The van der Waals surface area contributed by atoms with E-state index in [2.05, 4.69) is 16.2 Å². The van der Waals surface area contributed by atoms with Gasteiger partial charge in [-0.2, -0.15) is 0 Å². The number of isothiocyanates is 1. The molecule has 3 nitrogen and oxygen atoms in total. The van der Waals surface area contributed by atoms with Gasteiger partial charge in [-0.25, -0.2) is 4.99 Å². The van der Waals surface area contributed by atoms with Gasteiger partial charge in [0.2, 0.25) is 5.91 Å². The maximum atomic E-state index is 11.2. The van der Waals surface area contributed by atoms with Crippen molar-refractivity contribution in [3.63, 3.8) is 0 Å². The molecule has 0 aliphatic rings. The van der Waals surface area contributed by atoms with Gasteiger partial charge in [-0.3, -0.25) is 4.79 Å². The molecule has 0 aliphatic heterocycles. The molecule has 1 amide bonds. The van der Waals surface area contributed by atoms with Crippen LogP contribution in [0.4, 0.5) is 0 Å². The van der Waals surface area contributed by atoms with E-state index in [0.717, 1.165) is 12.0 Å². The van der Waals surface area contributed by atoms with E-state index >= 15 is 0 Å². The highest BCUT2D eigenvalue weighted by Crippen LogP contribution is 2.22. The van der Waals surface area contributed by atoms with Gasteiger partial charge in [-0.05, 0) is 31.1 Å². The molecular weight excluding hydrogens is 244 g/mol. The van der Waals surface area contributed by atoms with E-state index in [-0.39, 0.29) is 11.9 Å². The Hall–Kier alpha value is -1.51. The summed E-state index contributed by atoms with van der Waals surface area (Å²) in [6.45, 7) is 4.27. The van der Waals surface area contributed by atoms with Crippen LogP contribution in [0.5, 0.6) is 0 Å². The molecule has 0 bridgehead atoms. The second-order valence-corrected chi connectivity index (χ2v) is 4.56. The molecule has 1 aromatic carbocycles. The third-order valence-electron chi connectivity index (χ3n) is 2.91. The minimum absolute atomic E-state index is 0.0239. The zero-order chi connectivity index (χ0) is 13.5. The Morgan fingerprint density at radius 2 is 2.28 bits per heavy atom. The zero-order valence-electron chi connectivity index (χ0n) is 11.0. The molecule has 1 rings (SSSR count). The van der Waals surface area contributed by atoms with E-state index in [1.807, 2.05) is 25.1 Å². The highest BCUT2D eigenvalue weighted by Gasteiger charge is 2.12. The van der Waals surface area contributed by atoms with Crippen LogP contribution in [0, 0.1) is 6.92 Å². The molecule has 0 saturated carbocycles. The van der Waals surface area contributed by atoms with Crippen molar-refractivity contribution in [3.05, 3.63) is 35.4 Å². The van der Waals surface area contributed by atoms with Crippen molar-refractivity contribution >= 4 is 23.3 Å². The quantitative estimate of drug-likeness (QED) is 0.603. The van der Waals surface area contributed by atoms with Gasteiger partial charge in [-0.15, -0.1) is 0 Å². The summed E-state index contributed by atoms with van der Waals surface area (Å²) < 4.78 is 0. The molecule has 0 radical (unpaired) electrons. The summed E-state index contributed by atoms with van der Waals surface area (Å²) >= 11 is 4.70. The zero-order valence-corrected chi connectivity index (χ0v) is 11.8. The SMILES string of the molecule is CC(=O)N(C)CCC(N=C=S)c1cccc(C)c1. The average Bonchev–Trinajstić information content (AvgIpc) is 2.33. The molecule has 4 heteroatoms. The number of amides is 1. The average molecular weight is 262 g/mol. The second kappa shape index (κ2) is 7.04. The molecule has 0 fully saturated rings. The molecular formula is C14H18N2OS. The highest BCUT2D eigenvalue weighted by molar-refractivity contribution is 7.78. The van der Waals surface area contributed by atoms with Crippen molar-refractivity contribution in [2.45, 2.75) is 26.3 Å². The van der Waals surface area contributed by atoms with E-state index in [1.165, 1.54) is 5.56 Å². The van der Waals surface area contributed by atoms with Crippen LogP contribution >= 0.6 is 12.2 Å². The van der Waals surface area contributed by atoms with Crippen LogP contribution in [0.1, 0.15) is 30.5 Å². The fourth-order valence-corrected chi connectivity index (χ4v) is 1.85. The van der Waals surface area contributed by atoms with Crippen LogP contribution in [0.15, 0.2) is 29.3 Å². The summed E-state index contributed by atoms with van der Waals surface area (Å²) in [7, 11) is 1.79. The summed E-state index contributed by atoms with van der Waals surface area (Å²) in [5, 5.41) is 2.44. The van der Waals surface area contributed by atoms with Gasteiger partial charge in [0.25, 0.3) is 0 Å². The minimum atomic E-state index is -0.0239. The lowest BCUT2D eigenvalue weighted by Crippen LogP contribution is -2.25. The molecule has 0 N–H and O–H groups in total. The number of carbonyl (C=O) groups is 1. The highest BCUT2D eigenvalue weighted by atomic mass is 32.1.